The maximum absolute atomic E-state index is 13.8. The Labute approximate surface area is 195 Å². The van der Waals surface area contributed by atoms with Gasteiger partial charge in [-0.05, 0) is 80.5 Å². The lowest BCUT2D eigenvalue weighted by Gasteiger charge is -2.44. The number of amides is 1. The normalized spacial score (nSPS) is 21.7. The van der Waals surface area contributed by atoms with Crippen molar-refractivity contribution in [2.24, 2.45) is 5.73 Å². The lowest BCUT2D eigenvalue weighted by Crippen LogP contribution is -2.51. The Balaban J connectivity index is 1.29. The number of nitrogens with one attached hydrogen (secondary N) is 1. The molecule has 2 unspecified atom stereocenters. The van der Waals surface area contributed by atoms with Crippen LogP contribution in [0.25, 0.3) is 0 Å². The summed E-state index contributed by atoms with van der Waals surface area (Å²) in [6, 6.07) is 9.73. The van der Waals surface area contributed by atoms with Crippen molar-refractivity contribution in [1.29, 1.82) is 0 Å². The zero-order valence-electron chi connectivity index (χ0n) is 19.4. The van der Waals surface area contributed by atoms with Crippen LogP contribution in [0.5, 0.6) is 5.75 Å². The summed E-state index contributed by atoms with van der Waals surface area (Å²) >= 11 is 0. The molecule has 2 atom stereocenters. The van der Waals surface area contributed by atoms with E-state index in [2.05, 4.69) is 17.1 Å². The van der Waals surface area contributed by atoms with E-state index in [-0.39, 0.29) is 17.8 Å². The van der Waals surface area contributed by atoms with Crippen LogP contribution in [0.4, 0.5) is 10.1 Å². The van der Waals surface area contributed by atoms with Gasteiger partial charge in [0.1, 0.15) is 18.2 Å². The Morgan fingerprint density at radius 1 is 1.24 bits per heavy atom. The number of nitrogens with two attached hydrogens (primary N) is 1. The highest BCUT2D eigenvalue weighted by atomic mass is 19.1. The molecule has 0 spiro atoms. The van der Waals surface area contributed by atoms with E-state index in [4.69, 9.17) is 10.5 Å². The lowest BCUT2D eigenvalue weighted by molar-refractivity contribution is 0.0423. The highest BCUT2D eigenvalue weighted by Crippen LogP contribution is 2.38. The van der Waals surface area contributed by atoms with Gasteiger partial charge in [0.2, 0.25) is 5.91 Å². The number of primary amides is 1. The molecule has 2 heterocycles. The van der Waals surface area contributed by atoms with Gasteiger partial charge in [-0.3, -0.25) is 9.69 Å². The first kappa shape index (κ1) is 22.2. The van der Waals surface area contributed by atoms with Gasteiger partial charge < -0.3 is 15.8 Å². The molecule has 2 aromatic carbocycles. The molecular weight excluding hydrogens is 417 g/mol. The third-order valence-corrected chi connectivity index (χ3v) is 7.82. The third-order valence-electron chi connectivity index (χ3n) is 7.82. The number of carbonyl (C=O) groups excluding carboxylic acids is 1. The Hall–Kier alpha value is -2.60. The zero-order chi connectivity index (χ0) is 22.9. The molecule has 1 amide bonds. The van der Waals surface area contributed by atoms with E-state index in [1.165, 1.54) is 25.3 Å². The molecular formula is C27H34FN3O2. The van der Waals surface area contributed by atoms with Gasteiger partial charge in [0.15, 0.2) is 0 Å². The van der Waals surface area contributed by atoms with E-state index in [0.29, 0.717) is 24.1 Å². The molecule has 5 rings (SSSR count). The van der Waals surface area contributed by atoms with E-state index >= 15 is 0 Å². The van der Waals surface area contributed by atoms with Crippen LogP contribution in [-0.4, -0.2) is 42.6 Å². The zero-order valence-corrected chi connectivity index (χ0v) is 19.4. The standard InChI is InChI=1S/C27H34FN3O2/c1-2-17-8-10-22(27(29)32)24-14-21(16-33-26(17)24)31(20-6-3-7-20)12-4-5-18-15-30-25-11-9-19(28)13-23(18)25/h8-11,13,18,20-21,30H,2-7,12,14-16H2,1H3,(H2,29,32). The molecule has 2 aromatic rings. The number of halogens is 1. The van der Waals surface area contributed by atoms with Crippen molar-refractivity contribution in [2.45, 2.75) is 69.9 Å². The van der Waals surface area contributed by atoms with E-state index in [0.717, 1.165) is 66.9 Å². The summed E-state index contributed by atoms with van der Waals surface area (Å²) in [6.07, 6.45) is 7.48. The predicted molar refractivity (Wildman–Crippen MR) is 129 cm³/mol. The lowest BCUT2D eigenvalue weighted by atomic mass is 9.87. The van der Waals surface area contributed by atoms with Crippen LogP contribution >= 0.6 is 0 Å². The van der Waals surface area contributed by atoms with Gasteiger partial charge in [0.05, 0.1) is 0 Å². The minimum atomic E-state index is -0.382. The van der Waals surface area contributed by atoms with Crippen LogP contribution in [0.15, 0.2) is 30.3 Å². The Morgan fingerprint density at radius 2 is 2.09 bits per heavy atom. The van der Waals surface area contributed by atoms with Crippen molar-refractivity contribution >= 4 is 11.6 Å². The van der Waals surface area contributed by atoms with Crippen LogP contribution in [-0.2, 0) is 12.8 Å². The smallest absolute Gasteiger partial charge is 0.249 e. The maximum atomic E-state index is 13.8. The number of nitrogens with zero attached hydrogens (tertiary/aromatic N) is 1. The van der Waals surface area contributed by atoms with E-state index in [1.54, 1.807) is 6.07 Å². The summed E-state index contributed by atoms with van der Waals surface area (Å²) in [5, 5.41) is 3.42. The molecule has 0 saturated heterocycles. The number of benzene rings is 2. The maximum Gasteiger partial charge on any atom is 0.249 e. The number of fused-ring (bicyclic) bond motifs is 2. The van der Waals surface area contributed by atoms with Gasteiger partial charge >= 0.3 is 0 Å². The molecule has 3 N–H and O–H groups in total. The summed E-state index contributed by atoms with van der Waals surface area (Å²) in [7, 11) is 0. The number of ether oxygens (including phenoxy) is 1. The summed E-state index contributed by atoms with van der Waals surface area (Å²) in [6.45, 7) is 4.63. The number of anilines is 1. The number of aryl methyl sites for hydroxylation is 1. The molecule has 3 aliphatic rings. The summed E-state index contributed by atoms with van der Waals surface area (Å²) in [5.74, 6) is 0.686. The molecule has 0 radical (unpaired) electrons. The Kier molecular flexibility index (Phi) is 6.28. The largest absolute Gasteiger partial charge is 0.491 e. The van der Waals surface area contributed by atoms with Crippen LogP contribution in [0.1, 0.15) is 72.0 Å². The number of hydrogen-bond acceptors (Lipinski definition) is 4. The van der Waals surface area contributed by atoms with Gasteiger partial charge in [0, 0.05) is 41.4 Å². The fourth-order valence-electron chi connectivity index (χ4n) is 5.79. The second kappa shape index (κ2) is 9.34. The van der Waals surface area contributed by atoms with Gasteiger partial charge in [0.25, 0.3) is 0 Å². The molecule has 6 heteroatoms. The van der Waals surface area contributed by atoms with Crippen molar-refractivity contribution in [1.82, 2.24) is 4.90 Å². The van der Waals surface area contributed by atoms with Crippen LogP contribution in [0.3, 0.4) is 0 Å². The van der Waals surface area contributed by atoms with Crippen molar-refractivity contribution in [3.63, 3.8) is 0 Å². The van der Waals surface area contributed by atoms with Gasteiger partial charge in [-0.2, -0.15) is 0 Å². The van der Waals surface area contributed by atoms with E-state index in [1.807, 2.05) is 18.2 Å². The van der Waals surface area contributed by atoms with E-state index in [9.17, 15) is 9.18 Å². The first-order valence-corrected chi connectivity index (χ1v) is 12.4. The molecule has 33 heavy (non-hydrogen) atoms. The minimum absolute atomic E-state index is 0.159. The van der Waals surface area contributed by atoms with Crippen LogP contribution < -0.4 is 15.8 Å². The number of rotatable bonds is 8. The highest BCUT2D eigenvalue weighted by molar-refractivity contribution is 5.95. The molecule has 0 bridgehead atoms. The Morgan fingerprint density at radius 3 is 2.82 bits per heavy atom. The van der Waals surface area contributed by atoms with Gasteiger partial charge in [-0.1, -0.05) is 19.4 Å². The second-order valence-corrected chi connectivity index (χ2v) is 9.74. The number of hydrogen-bond donors (Lipinski definition) is 2. The average molecular weight is 452 g/mol. The molecule has 1 saturated carbocycles. The summed E-state index contributed by atoms with van der Waals surface area (Å²) < 4.78 is 20.1. The quantitative estimate of drug-likeness (QED) is 0.614. The molecule has 2 aliphatic heterocycles. The van der Waals surface area contributed by atoms with Crippen molar-refractivity contribution in [2.75, 3.05) is 25.0 Å². The monoisotopic (exact) mass is 451 g/mol. The topological polar surface area (TPSA) is 67.6 Å². The SMILES string of the molecule is CCc1ccc(C(N)=O)c2c1OCC(N(CCCC1CNc3ccc(F)cc31)C1CCC1)C2. The summed E-state index contributed by atoms with van der Waals surface area (Å²) in [5.41, 5.74) is 10.6. The fraction of sp³-hybridized carbons (Fsp3) is 0.519. The third kappa shape index (κ3) is 4.33. The minimum Gasteiger partial charge on any atom is -0.491 e. The van der Waals surface area contributed by atoms with Gasteiger partial charge in [-0.15, -0.1) is 0 Å². The molecule has 1 aliphatic carbocycles. The predicted octanol–water partition coefficient (Wildman–Crippen LogP) is 4.63. The molecule has 1 fully saturated rings. The highest BCUT2D eigenvalue weighted by Gasteiger charge is 2.35. The second-order valence-electron chi connectivity index (χ2n) is 9.74. The van der Waals surface area contributed by atoms with Crippen molar-refractivity contribution < 1.29 is 13.9 Å². The van der Waals surface area contributed by atoms with E-state index < -0.39 is 0 Å². The van der Waals surface area contributed by atoms with Crippen LogP contribution in [0.2, 0.25) is 0 Å². The molecule has 5 nitrogen and oxygen atoms in total. The summed E-state index contributed by atoms with van der Waals surface area (Å²) in [4.78, 5) is 14.7. The van der Waals surface area contributed by atoms with Crippen molar-refractivity contribution in [3.8, 4) is 5.75 Å². The first-order valence-electron chi connectivity index (χ1n) is 12.4. The molecule has 176 valence electrons. The number of carbonyl (C=O) groups is 1. The average Bonchev–Trinajstić information content (AvgIpc) is 3.17. The molecule has 0 aromatic heterocycles. The first-order chi connectivity index (χ1) is 16.0. The van der Waals surface area contributed by atoms with Crippen molar-refractivity contribution in [3.05, 3.63) is 58.4 Å². The van der Waals surface area contributed by atoms with Gasteiger partial charge in [-0.25, -0.2) is 4.39 Å². The van der Waals surface area contributed by atoms with Crippen LogP contribution in [0, 0.1) is 5.82 Å². The fourth-order valence-corrected chi connectivity index (χ4v) is 5.79. The Bertz CT molecular complexity index is 1040.